The van der Waals surface area contributed by atoms with Gasteiger partial charge in [0.05, 0.1) is 16.6 Å². The summed E-state index contributed by atoms with van der Waals surface area (Å²) in [7, 11) is 0. The van der Waals surface area contributed by atoms with Gasteiger partial charge in [-0.25, -0.2) is 0 Å². The van der Waals surface area contributed by atoms with Crippen LogP contribution < -0.4 is 5.73 Å². The van der Waals surface area contributed by atoms with Gasteiger partial charge in [0.2, 0.25) is 0 Å². The Bertz CT molecular complexity index is 2590. The van der Waals surface area contributed by atoms with Gasteiger partial charge in [-0.2, -0.15) is 0 Å². The third kappa shape index (κ3) is 8.39. The molecule has 0 fully saturated rings. The van der Waals surface area contributed by atoms with Gasteiger partial charge in [0.1, 0.15) is 0 Å². The summed E-state index contributed by atoms with van der Waals surface area (Å²) in [6.07, 6.45) is 30.9. The minimum absolute atomic E-state index is 0.196. The molecule has 0 radical (unpaired) electrons. The molecule has 290 valence electrons. The number of allylic oxidation sites excluding steroid dienone is 13. The number of para-hydroxylation sites is 1. The summed E-state index contributed by atoms with van der Waals surface area (Å²) in [4.78, 5) is 0. The van der Waals surface area contributed by atoms with Crippen molar-refractivity contribution in [3.8, 4) is 5.69 Å². The lowest BCUT2D eigenvalue weighted by Gasteiger charge is -2.15. The van der Waals surface area contributed by atoms with Crippen molar-refractivity contribution in [1.29, 1.82) is 0 Å². The van der Waals surface area contributed by atoms with E-state index < -0.39 is 0 Å². The van der Waals surface area contributed by atoms with Gasteiger partial charge < -0.3 is 14.9 Å². The Morgan fingerprint density at radius 3 is 2.35 bits per heavy atom. The van der Waals surface area contributed by atoms with Crippen molar-refractivity contribution >= 4 is 50.1 Å². The average molecular weight is 750 g/mol. The number of nitrogens with zero attached hydrogens (tertiary/aromatic N) is 2. The number of aromatic nitrogens is 2. The molecule has 57 heavy (non-hydrogen) atoms. The van der Waals surface area contributed by atoms with Crippen LogP contribution >= 0.6 is 0 Å². The highest BCUT2D eigenvalue weighted by molar-refractivity contribution is 6.22. The second-order valence-corrected chi connectivity index (χ2v) is 14.2. The van der Waals surface area contributed by atoms with Crippen molar-refractivity contribution < 1.29 is 0 Å². The van der Waals surface area contributed by atoms with Crippen molar-refractivity contribution in [3.63, 3.8) is 0 Å². The van der Waals surface area contributed by atoms with Crippen LogP contribution in [0.4, 0.5) is 0 Å². The van der Waals surface area contributed by atoms with E-state index in [1.54, 1.807) is 0 Å². The van der Waals surface area contributed by atoms with E-state index in [4.69, 9.17) is 5.73 Å². The zero-order valence-corrected chi connectivity index (χ0v) is 35.0. The summed E-state index contributed by atoms with van der Waals surface area (Å²) in [6, 6.07) is 33.2. The van der Waals surface area contributed by atoms with Crippen LogP contribution in [0, 0.1) is 6.92 Å². The summed E-state index contributed by atoms with van der Waals surface area (Å²) in [5.41, 5.74) is 20.8. The maximum absolute atomic E-state index is 6.92. The number of hydrogen-bond acceptors (Lipinski definition) is 1. The molecule has 2 aliphatic rings. The molecule has 3 nitrogen and oxygen atoms in total. The molecule has 2 aromatic heterocycles. The fourth-order valence-corrected chi connectivity index (χ4v) is 8.10. The monoisotopic (exact) mass is 749 g/mol. The van der Waals surface area contributed by atoms with Crippen LogP contribution in [0.5, 0.6) is 0 Å². The van der Waals surface area contributed by atoms with E-state index in [0.717, 1.165) is 53.8 Å². The maximum atomic E-state index is 6.92. The fraction of sp³-hybridized carbons (Fsp3) is 0.222. The van der Waals surface area contributed by atoms with E-state index in [0.29, 0.717) is 0 Å². The molecule has 6 aromatic rings. The highest BCUT2D eigenvalue weighted by Crippen LogP contribution is 2.42. The standard InChI is InChI=1S/C50H47N3.2C2H6/c1-4-19-43-36(3)52(50-44(43)30-31-48-49(50)45-28-16-17-29-47(45)53(48)41-25-14-7-8-15-26-41)42-27-18-24-39(33-42)40(32-35(2)37-20-12-9-13-21-37)34-46(51)38-22-10-5-6-11-23-38;2*1-2/h4,7-10,12-14,16-35H,5-6,11,15,51H2,1-3H3;2*1-2H3/b19-4-,40-32+,46-34-;;. The first kappa shape index (κ1) is 40.6. The molecule has 0 saturated carbocycles. The largest absolute Gasteiger partial charge is 0.398 e. The van der Waals surface area contributed by atoms with Gasteiger partial charge in [-0.05, 0) is 104 Å². The average Bonchev–Trinajstić information content (AvgIpc) is 3.44. The van der Waals surface area contributed by atoms with E-state index in [2.05, 4.69) is 194 Å². The quantitative estimate of drug-likeness (QED) is 0.155. The molecule has 0 spiro atoms. The molecular formula is C54H59N3. The molecule has 8 rings (SSSR count). The van der Waals surface area contributed by atoms with Crippen LogP contribution in [-0.2, 0) is 0 Å². The summed E-state index contributed by atoms with van der Waals surface area (Å²) < 4.78 is 4.91. The molecule has 0 saturated heterocycles. The van der Waals surface area contributed by atoms with Crippen LogP contribution in [-0.4, -0.2) is 9.13 Å². The van der Waals surface area contributed by atoms with E-state index in [1.807, 2.05) is 27.7 Å². The summed E-state index contributed by atoms with van der Waals surface area (Å²) >= 11 is 0. The van der Waals surface area contributed by atoms with Gasteiger partial charge in [0.15, 0.2) is 0 Å². The Morgan fingerprint density at radius 1 is 0.754 bits per heavy atom. The number of benzene rings is 4. The first-order valence-corrected chi connectivity index (χ1v) is 21.0. The molecule has 0 amide bonds. The molecule has 2 heterocycles. The van der Waals surface area contributed by atoms with Crippen LogP contribution in [0.25, 0.3) is 55.7 Å². The lowest BCUT2D eigenvalue weighted by molar-refractivity contribution is 0.874. The molecule has 1 unspecified atom stereocenters. The van der Waals surface area contributed by atoms with Crippen LogP contribution in [0.2, 0.25) is 0 Å². The van der Waals surface area contributed by atoms with Crippen LogP contribution in [0.15, 0.2) is 169 Å². The molecule has 0 bridgehead atoms. The normalized spacial score (nSPS) is 15.1. The number of nitrogens with two attached hydrogens (primary N) is 1. The van der Waals surface area contributed by atoms with Crippen molar-refractivity contribution in [1.82, 2.24) is 9.13 Å². The lowest BCUT2D eigenvalue weighted by atomic mass is 9.94. The van der Waals surface area contributed by atoms with Crippen molar-refractivity contribution in [2.45, 2.75) is 80.1 Å². The second kappa shape index (κ2) is 19.2. The first-order chi connectivity index (χ1) is 28.0. The maximum Gasteiger partial charge on any atom is 0.0637 e. The van der Waals surface area contributed by atoms with Gasteiger partial charge in [-0.3, -0.25) is 0 Å². The predicted octanol–water partition coefficient (Wildman–Crippen LogP) is 15.2. The van der Waals surface area contributed by atoms with Crippen molar-refractivity contribution in [3.05, 3.63) is 191 Å². The molecule has 0 aliphatic heterocycles. The minimum atomic E-state index is 0.196. The number of fused-ring (bicyclic) bond motifs is 5. The molecule has 2 aliphatic carbocycles. The van der Waals surface area contributed by atoms with Gasteiger partial charge in [-0.1, -0.05) is 162 Å². The molecule has 1 atom stereocenters. The zero-order chi connectivity index (χ0) is 40.3. The predicted molar refractivity (Wildman–Crippen MR) is 252 cm³/mol. The van der Waals surface area contributed by atoms with E-state index in [9.17, 15) is 0 Å². The number of hydrogen-bond donors (Lipinski definition) is 1. The third-order valence-corrected chi connectivity index (χ3v) is 10.7. The van der Waals surface area contributed by atoms with Gasteiger partial charge in [-0.15, -0.1) is 0 Å². The Hall–Kier alpha value is -6.06. The Balaban J connectivity index is 0.00000133. The lowest BCUT2D eigenvalue weighted by Crippen LogP contribution is -2.02. The number of rotatable bonds is 8. The van der Waals surface area contributed by atoms with E-state index >= 15 is 0 Å². The molecule has 3 heteroatoms. The van der Waals surface area contributed by atoms with Gasteiger partial charge in [0.25, 0.3) is 0 Å². The molecule has 4 aromatic carbocycles. The zero-order valence-electron chi connectivity index (χ0n) is 35.0. The second-order valence-electron chi connectivity index (χ2n) is 14.2. The fourth-order valence-electron chi connectivity index (χ4n) is 8.10. The van der Waals surface area contributed by atoms with Crippen LogP contribution in [0.3, 0.4) is 0 Å². The third-order valence-electron chi connectivity index (χ3n) is 10.7. The van der Waals surface area contributed by atoms with Gasteiger partial charge >= 0.3 is 0 Å². The topological polar surface area (TPSA) is 35.9 Å². The van der Waals surface area contributed by atoms with Gasteiger partial charge in [0, 0.05) is 44.5 Å². The van der Waals surface area contributed by atoms with Crippen LogP contribution in [0.1, 0.15) is 95.5 Å². The Morgan fingerprint density at radius 2 is 1.54 bits per heavy atom. The molecular weight excluding hydrogens is 691 g/mol. The van der Waals surface area contributed by atoms with E-state index in [1.165, 1.54) is 55.2 Å². The van der Waals surface area contributed by atoms with Crippen molar-refractivity contribution in [2.24, 2.45) is 5.73 Å². The minimum Gasteiger partial charge on any atom is -0.398 e. The Labute approximate surface area is 340 Å². The highest BCUT2D eigenvalue weighted by atomic mass is 15.0. The first-order valence-electron chi connectivity index (χ1n) is 21.0. The summed E-state index contributed by atoms with van der Waals surface area (Å²) in [5.74, 6) is 0.196. The van der Waals surface area contributed by atoms with Crippen molar-refractivity contribution in [2.75, 3.05) is 0 Å². The highest BCUT2D eigenvalue weighted by Gasteiger charge is 2.22. The summed E-state index contributed by atoms with van der Waals surface area (Å²) in [5, 5.41) is 3.76. The Kier molecular flexibility index (Phi) is 13.7. The SMILES string of the molecule is C/C=C\c1c(C)n(-c2cccc(C(/C=C(\N)C3=CCCCC=C3)=C/C(C)c3ccccc3)c2)c2c1ccc1c2c2ccccc2n1C1=CCC=CC=C1.CC.CC. The van der Waals surface area contributed by atoms with E-state index in [-0.39, 0.29) is 5.92 Å². The summed E-state index contributed by atoms with van der Waals surface area (Å²) in [6.45, 7) is 14.6. The smallest absolute Gasteiger partial charge is 0.0637 e. The molecule has 2 N–H and O–H groups in total.